The lowest BCUT2D eigenvalue weighted by Gasteiger charge is -2.07. The van der Waals surface area contributed by atoms with Crippen LogP contribution in [0.4, 0.5) is 0 Å². The summed E-state index contributed by atoms with van der Waals surface area (Å²) >= 11 is 0. The van der Waals surface area contributed by atoms with Gasteiger partial charge in [-0.05, 0) is 18.6 Å². The molecule has 2 aromatic heterocycles. The second kappa shape index (κ2) is 6.34. The van der Waals surface area contributed by atoms with Crippen LogP contribution >= 0.6 is 0 Å². The lowest BCUT2D eigenvalue weighted by Crippen LogP contribution is -2.00. The van der Waals surface area contributed by atoms with Gasteiger partial charge in [0.05, 0.1) is 12.0 Å². The van der Waals surface area contributed by atoms with E-state index in [9.17, 15) is 5.11 Å². The average molecular weight is 318 g/mol. The van der Waals surface area contributed by atoms with Crippen LogP contribution < -0.4 is 0 Å². The first-order valence-corrected chi connectivity index (χ1v) is 8.07. The van der Waals surface area contributed by atoms with Crippen molar-refractivity contribution in [3.05, 3.63) is 67.0 Å². The first kappa shape index (κ1) is 14.7. The van der Waals surface area contributed by atoms with E-state index in [1.54, 1.807) is 0 Å². The van der Waals surface area contributed by atoms with Gasteiger partial charge in [0.1, 0.15) is 11.3 Å². The highest BCUT2D eigenvalue weighted by Crippen LogP contribution is 2.34. The maximum absolute atomic E-state index is 9.17. The molecule has 120 valence electrons. The Morgan fingerprint density at radius 3 is 2.58 bits per heavy atom. The fourth-order valence-corrected chi connectivity index (χ4v) is 2.96. The third-order valence-corrected chi connectivity index (χ3v) is 4.10. The summed E-state index contributed by atoms with van der Waals surface area (Å²) in [6.45, 7) is 0.848. The van der Waals surface area contributed by atoms with Crippen LogP contribution in [0, 0.1) is 0 Å². The summed E-state index contributed by atoms with van der Waals surface area (Å²) in [6.07, 6.45) is 2.50. The number of aromatic nitrogens is 2. The Kier molecular flexibility index (Phi) is 3.89. The number of aliphatic hydroxyl groups is 1. The van der Waals surface area contributed by atoms with Gasteiger partial charge in [0.2, 0.25) is 0 Å². The van der Waals surface area contributed by atoms with Crippen LogP contribution in [-0.2, 0) is 6.54 Å². The molecular weight excluding hydrogens is 300 g/mol. The number of hydrogen-bond donors (Lipinski definition) is 1. The minimum atomic E-state index is 0.151. The fourth-order valence-electron chi connectivity index (χ4n) is 2.96. The topological polar surface area (TPSA) is 51.2 Å². The van der Waals surface area contributed by atoms with Crippen molar-refractivity contribution >= 4 is 11.0 Å². The SMILES string of the molecule is OCCCn1cnc(-c2ccccc2)c1-c1cc2ccccc2o1. The lowest BCUT2D eigenvalue weighted by atomic mass is 10.1. The van der Waals surface area contributed by atoms with Crippen molar-refractivity contribution in [2.24, 2.45) is 0 Å². The molecule has 0 saturated heterocycles. The van der Waals surface area contributed by atoms with Crippen LogP contribution in [-0.4, -0.2) is 21.3 Å². The molecule has 4 rings (SSSR count). The minimum absolute atomic E-state index is 0.151. The van der Waals surface area contributed by atoms with Gasteiger partial charge in [-0.3, -0.25) is 0 Å². The molecule has 4 aromatic rings. The van der Waals surface area contributed by atoms with Crippen molar-refractivity contribution in [2.45, 2.75) is 13.0 Å². The number of imidazole rings is 1. The molecule has 0 bridgehead atoms. The third-order valence-electron chi connectivity index (χ3n) is 4.10. The molecule has 4 heteroatoms. The van der Waals surface area contributed by atoms with E-state index in [1.807, 2.05) is 67.0 Å². The Morgan fingerprint density at radius 2 is 1.79 bits per heavy atom. The highest BCUT2D eigenvalue weighted by Gasteiger charge is 2.18. The van der Waals surface area contributed by atoms with Crippen LogP contribution in [0.5, 0.6) is 0 Å². The summed E-state index contributed by atoms with van der Waals surface area (Å²) in [6, 6.07) is 20.1. The van der Waals surface area contributed by atoms with Crippen LogP contribution in [0.15, 0.2) is 71.4 Å². The van der Waals surface area contributed by atoms with Crippen LogP contribution in [0.25, 0.3) is 33.7 Å². The normalized spacial score (nSPS) is 11.2. The monoisotopic (exact) mass is 318 g/mol. The van der Waals surface area contributed by atoms with E-state index >= 15 is 0 Å². The molecule has 0 spiro atoms. The molecule has 0 aliphatic rings. The van der Waals surface area contributed by atoms with Crippen molar-refractivity contribution in [1.29, 1.82) is 0 Å². The summed E-state index contributed by atoms with van der Waals surface area (Å²) in [4.78, 5) is 4.61. The Hall–Kier alpha value is -2.85. The number of aliphatic hydroxyl groups excluding tert-OH is 1. The molecule has 0 saturated carbocycles. The average Bonchev–Trinajstić information content (AvgIpc) is 3.24. The van der Waals surface area contributed by atoms with Crippen LogP contribution in [0.1, 0.15) is 6.42 Å². The van der Waals surface area contributed by atoms with E-state index in [4.69, 9.17) is 4.42 Å². The molecule has 0 aliphatic carbocycles. The zero-order valence-corrected chi connectivity index (χ0v) is 13.2. The molecule has 2 aromatic carbocycles. The number of rotatable bonds is 5. The molecule has 0 unspecified atom stereocenters. The Balaban J connectivity index is 1.88. The predicted octanol–water partition coefficient (Wildman–Crippen LogP) is 4.35. The zero-order valence-electron chi connectivity index (χ0n) is 13.2. The van der Waals surface area contributed by atoms with Gasteiger partial charge in [-0.25, -0.2) is 4.98 Å². The molecule has 0 aliphatic heterocycles. The van der Waals surface area contributed by atoms with Crippen LogP contribution in [0.2, 0.25) is 0 Å². The lowest BCUT2D eigenvalue weighted by molar-refractivity contribution is 0.280. The molecular formula is C20H18N2O2. The Labute approximate surface area is 140 Å². The highest BCUT2D eigenvalue weighted by molar-refractivity contribution is 5.85. The van der Waals surface area contributed by atoms with Gasteiger partial charge in [-0.15, -0.1) is 0 Å². The second-order valence-electron chi connectivity index (χ2n) is 5.73. The summed E-state index contributed by atoms with van der Waals surface area (Å²) in [7, 11) is 0. The van der Waals surface area contributed by atoms with Crippen molar-refractivity contribution in [3.8, 4) is 22.7 Å². The van der Waals surface area contributed by atoms with E-state index < -0.39 is 0 Å². The van der Waals surface area contributed by atoms with Gasteiger partial charge < -0.3 is 14.1 Å². The highest BCUT2D eigenvalue weighted by atomic mass is 16.3. The molecule has 0 amide bonds. The molecule has 0 radical (unpaired) electrons. The summed E-state index contributed by atoms with van der Waals surface area (Å²) in [5, 5.41) is 10.2. The van der Waals surface area contributed by atoms with Gasteiger partial charge >= 0.3 is 0 Å². The fraction of sp³-hybridized carbons (Fsp3) is 0.150. The Morgan fingerprint density at radius 1 is 1.00 bits per heavy atom. The van der Waals surface area contributed by atoms with Crippen molar-refractivity contribution < 1.29 is 9.52 Å². The van der Waals surface area contributed by atoms with Gasteiger partial charge in [0, 0.05) is 24.1 Å². The second-order valence-corrected chi connectivity index (χ2v) is 5.73. The standard InChI is InChI=1S/C20H18N2O2/c23-12-6-11-22-14-21-19(15-7-2-1-3-8-15)20(22)18-13-16-9-4-5-10-17(16)24-18/h1-5,7-10,13-14,23H,6,11-12H2. The van der Waals surface area contributed by atoms with Gasteiger partial charge in [-0.1, -0.05) is 48.5 Å². The maximum atomic E-state index is 9.17. The minimum Gasteiger partial charge on any atom is -0.454 e. The van der Waals surface area contributed by atoms with E-state index in [2.05, 4.69) is 9.55 Å². The molecule has 0 atom stereocenters. The van der Waals surface area contributed by atoms with E-state index in [-0.39, 0.29) is 6.61 Å². The van der Waals surface area contributed by atoms with Gasteiger partial charge in [0.25, 0.3) is 0 Å². The number of hydrogen-bond acceptors (Lipinski definition) is 3. The van der Waals surface area contributed by atoms with Crippen molar-refractivity contribution in [1.82, 2.24) is 9.55 Å². The molecule has 2 heterocycles. The molecule has 0 fully saturated rings. The quantitative estimate of drug-likeness (QED) is 0.595. The van der Waals surface area contributed by atoms with E-state index in [1.165, 1.54) is 0 Å². The maximum Gasteiger partial charge on any atom is 0.154 e. The number of aryl methyl sites for hydroxylation is 1. The third kappa shape index (κ3) is 2.61. The number of nitrogens with zero attached hydrogens (tertiary/aromatic N) is 2. The molecule has 4 nitrogen and oxygen atoms in total. The smallest absolute Gasteiger partial charge is 0.154 e. The largest absolute Gasteiger partial charge is 0.454 e. The summed E-state index contributed by atoms with van der Waals surface area (Å²) in [5.41, 5.74) is 3.76. The summed E-state index contributed by atoms with van der Waals surface area (Å²) in [5.74, 6) is 0.797. The van der Waals surface area contributed by atoms with Gasteiger partial charge in [-0.2, -0.15) is 0 Å². The number of para-hydroxylation sites is 1. The van der Waals surface area contributed by atoms with E-state index in [0.29, 0.717) is 13.0 Å². The number of furan rings is 1. The zero-order chi connectivity index (χ0) is 16.4. The molecule has 1 N–H and O–H groups in total. The van der Waals surface area contributed by atoms with E-state index in [0.717, 1.165) is 33.7 Å². The molecule has 24 heavy (non-hydrogen) atoms. The first-order chi connectivity index (χ1) is 11.9. The van der Waals surface area contributed by atoms with Gasteiger partial charge in [0.15, 0.2) is 5.76 Å². The summed E-state index contributed by atoms with van der Waals surface area (Å²) < 4.78 is 8.12. The van der Waals surface area contributed by atoms with Crippen LogP contribution in [0.3, 0.4) is 0 Å². The number of benzene rings is 2. The van der Waals surface area contributed by atoms with Crippen molar-refractivity contribution in [3.63, 3.8) is 0 Å². The van der Waals surface area contributed by atoms with Crippen molar-refractivity contribution in [2.75, 3.05) is 6.61 Å². The Bertz CT molecular complexity index is 921. The first-order valence-electron chi connectivity index (χ1n) is 8.07. The number of fused-ring (bicyclic) bond motifs is 1. The predicted molar refractivity (Wildman–Crippen MR) is 94.6 cm³/mol.